The van der Waals surface area contributed by atoms with Crippen molar-refractivity contribution in [3.8, 4) is 11.5 Å². The van der Waals surface area contributed by atoms with Gasteiger partial charge in [0.25, 0.3) is 0 Å². The fourth-order valence-corrected chi connectivity index (χ4v) is 2.25. The summed E-state index contributed by atoms with van der Waals surface area (Å²) in [6.45, 7) is 7.06. The summed E-state index contributed by atoms with van der Waals surface area (Å²) in [6.07, 6.45) is 3.91. The molecule has 3 heteroatoms. The molecule has 0 saturated heterocycles. The summed E-state index contributed by atoms with van der Waals surface area (Å²) in [4.78, 5) is 0. The van der Waals surface area contributed by atoms with Gasteiger partial charge >= 0.3 is 0 Å². The van der Waals surface area contributed by atoms with Gasteiger partial charge in [0, 0.05) is 12.1 Å². The van der Waals surface area contributed by atoms with Gasteiger partial charge in [-0.05, 0) is 30.9 Å². The Morgan fingerprint density at radius 2 is 2.10 bits per heavy atom. The average molecular weight is 277 g/mol. The summed E-state index contributed by atoms with van der Waals surface area (Å²) in [5.74, 6) is 3.30. The normalized spacial score (nSPS) is 14.6. The number of para-hydroxylation sites is 1. The maximum absolute atomic E-state index is 6.00. The minimum Gasteiger partial charge on any atom is -0.493 e. The zero-order valence-corrected chi connectivity index (χ0v) is 12.9. The van der Waals surface area contributed by atoms with Gasteiger partial charge in [-0.15, -0.1) is 0 Å². The van der Waals surface area contributed by atoms with Crippen LogP contribution in [0.4, 0.5) is 0 Å². The van der Waals surface area contributed by atoms with E-state index in [1.165, 1.54) is 18.4 Å². The van der Waals surface area contributed by atoms with Crippen LogP contribution in [0.15, 0.2) is 18.2 Å². The molecule has 0 bridgehead atoms. The Bertz CT molecular complexity index is 413. The fraction of sp³-hybridized carbons (Fsp3) is 0.647. The Morgan fingerprint density at radius 1 is 1.30 bits per heavy atom. The van der Waals surface area contributed by atoms with Crippen LogP contribution in [0, 0.1) is 11.8 Å². The van der Waals surface area contributed by atoms with Crippen LogP contribution in [0.1, 0.15) is 38.7 Å². The van der Waals surface area contributed by atoms with Gasteiger partial charge in [0.2, 0.25) is 0 Å². The molecule has 1 aliphatic rings. The first-order chi connectivity index (χ1) is 9.70. The van der Waals surface area contributed by atoms with Crippen LogP contribution >= 0.6 is 0 Å². The van der Waals surface area contributed by atoms with Gasteiger partial charge in [-0.25, -0.2) is 0 Å². The maximum atomic E-state index is 6.00. The molecule has 0 spiro atoms. The molecule has 20 heavy (non-hydrogen) atoms. The molecule has 112 valence electrons. The lowest BCUT2D eigenvalue weighted by molar-refractivity contribution is 0.279. The van der Waals surface area contributed by atoms with E-state index in [1.807, 2.05) is 12.1 Å². The third-order valence-electron chi connectivity index (χ3n) is 3.62. The fourth-order valence-electron chi connectivity index (χ4n) is 2.25. The van der Waals surface area contributed by atoms with E-state index in [0.717, 1.165) is 43.5 Å². The van der Waals surface area contributed by atoms with Crippen LogP contribution in [-0.4, -0.2) is 20.3 Å². The molecule has 0 aromatic heterocycles. The zero-order valence-electron chi connectivity index (χ0n) is 12.9. The van der Waals surface area contributed by atoms with Crippen molar-refractivity contribution in [2.24, 2.45) is 11.8 Å². The van der Waals surface area contributed by atoms with Crippen LogP contribution < -0.4 is 14.8 Å². The van der Waals surface area contributed by atoms with Gasteiger partial charge in [0.1, 0.15) is 0 Å². The van der Waals surface area contributed by atoms with Gasteiger partial charge in [0.15, 0.2) is 11.5 Å². The molecule has 1 saturated carbocycles. The maximum Gasteiger partial charge on any atom is 0.165 e. The molecule has 1 fully saturated rings. The molecule has 3 nitrogen and oxygen atoms in total. The second-order valence-electron chi connectivity index (χ2n) is 6.05. The second-order valence-corrected chi connectivity index (χ2v) is 6.05. The first kappa shape index (κ1) is 15.2. The monoisotopic (exact) mass is 277 g/mol. The molecular formula is C17H27NO2. The molecule has 0 unspecified atom stereocenters. The summed E-state index contributed by atoms with van der Waals surface area (Å²) in [7, 11) is 1.70. The topological polar surface area (TPSA) is 30.5 Å². The second kappa shape index (κ2) is 7.53. The average Bonchev–Trinajstić information content (AvgIpc) is 3.23. The van der Waals surface area contributed by atoms with Crippen molar-refractivity contribution in [3.05, 3.63) is 23.8 Å². The Labute approximate surface area is 122 Å². The van der Waals surface area contributed by atoms with Gasteiger partial charge < -0.3 is 14.8 Å². The number of benzene rings is 1. The van der Waals surface area contributed by atoms with E-state index in [0.29, 0.717) is 5.92 Å². The summed E-state index contributed by atoms with van der Waals surface area (Å²) in [6, 6.07) is 6.11. The van der Waals surface area contributed by atoms with Gasteiger partial charge in [-0.2, -0.15) is 0 Å². The van der Waals surface area contributed by atoms with E-state index >= 15 is 0 Å². The number of methoxy groups -OCH3 is 1. The highest BCUT2D eigenvalue weighted by Crippen LogP contribution is 2.34. The van der Waals surface area contributed by atoms with Crippen LogP contribution in [0.5, 0.6) is 11.5 Å². The molecule has 2 rings (SSSR count). The molecule has 0 heterocycles. The molecule has 1 aromatic rings. The molecule has 1 N–H and O–H groups in total. The Kier molecular flexibility index (Phi) is 5.72. The number of nitrogens with one attached hydrogen (secondary N) is 1. The third kappa shape index (κ3) is 4.71. The lowest BCUT2D eigenvalue weighted by Crippen LogP contribution is -2.19. The van der Waals surface area contributed by atoms with E-state index in [4.69, 9.17) is 9.47 Å². The Balaban J connectivity index is 1.95. The number of ether oxygens (including phenoxy) is 2. The molecule has 0 radical (unpaired) electrons. The number of hydrogen-bond donors (Lipinski definition) is 1. The van der Waals surface area contributed by atoms with Crippen LogP contribution in [0.2, 0.25) is 0 Å². The van der Waals surface area contributed by atoms with Crippen molar-refractivity contribution < 1.29 is 9.47 Å². The van der Waals surface area contributed by atoms with E-state index in [2.05, 4.69) is 25.2 Å². The van der Waals surface area contributed by atoms with Crippen molar-refractivity contribution in [1.29, 1.82) is 0 Å². The Hall–Kier alpha value is -1.22. The smallest absolute Gasteiger partial charge is 0.165 e. The highest BCUT2D eigenvalue weighted by Gasteiger charge is 2.21. The molecule has 0 atom stereocenters. The number of hydrogen-bond acceptors (Lipinski definition) is 3. The van der Waals surface area contributed by atoms with E-state index < -0.39 is 0 Å². The lowest BCUT2D eigenvalue weighted by Gasteiger charge is -2.16. The van der Waals surface area contributed by atoms with Crippen LogP contribution in [0.3, 0.4) is 0 Å². The highest BCUT2D eigenvalue weighted by atomic mass is 16.5. The summed E-state index contributed by atoms with van der Waals surface area (Å²) in [5, 5.41) is 3.47. The predicted molar refractivity (Wildman–Crippen MR) is 82.4 cm³/mol. The largest absolute Gasteiger partial charge is 0.493 e. The minimum absolute atomic E-state index is 0.653. The molecule has 1 aromatic carbocycles. The van der Waals surface area contributed by atoms with Crippen molar-refractivity contribution in [1.82, 2.24) is 5.32 Å². The van der Waals surface area contributed by atoms with Gasteiger partial charge in [-0.1, -0.05) is 38.8 Å². The van der Waals surface area contributed by atoms with E-state index in [1.54, 1.807) is 7.11 Å². The molecule has 0 aliphatic heterocycles. The first-order valence-corrected chi connectivity index (χ1v) is 7.70. The summed E-state index contributed by atoms with van der Waals surface area (Å²) < 4.78 is 11.4. The Morgan fingerprint density at radius 3 is 2.75 bits per heavy atom. The van der Waals surface area contributed by atoms with Crippen LogP contribution in [-0.2, 0) is 6.54 Å². The predicted octanol–water partition coefficient (Wildman–Crippen LogP) is 3.62. The van der Waals surface area contributed by atoms with Crippen molar-refractivity contribution in [3.63, 3.8) is 0 Å². The standard InChI is InChI=1S/C17H27NO2/c1-13(2)11-18-12-15-5-4-6-16(19-3)17(15)20-10-9-14-7-8-14/h4-6,13-14,18H,7-12H2,1-3H3. The first-order valence-electron chi connectivity index (χ1n) is 7.70. The van der Waals surface area contributed by atoms with E-state index in [-0.39, 0.29) is 0 Å². The van der Waals surface area contributed by atoms with Crippen molar-refractivity contribution in [2.45, 2.75) is 39.7 Å². The molecule has 0 amide bonds. The minimum atomic E-state index is 0.653. The van der Waals surface area contributed by atoms with Crippen molar-refractivity contribution >= 4 is 0 Å². The number of rotatable bonds is 9. The lowest BCUT2D eigenvalue weighted by atomic mass is 10.1. The SMILES string of the molecule is COc1cccc(CNCC(C)C)c1OCCC1CC1. The van der Waals surface area contributed by atoms with Gasteiger partial charge in [0.05, 0.1) is 13.7 Å². The molecular weight excluding hydrogens is 250 g/mol. The molecule has 1 aliphatic carbocycles. The summed E-state index contributed by atoms with van der Waals surface area (Å²) in [5.41, 5.74) is 1.18. The quantitative estimate of drug-likeness (QED) is 0.748. The van der Waals surface area contributed by atoms with Crippen molar-refractivity contribution in [2.75, 3.05) is 20.3 Å². The van der Waals surface area contributed by atoms with E-state index in [9.17, 15) is 0 Å². The highest BCUT2D eigenvalue weighted by molar-refractivity contribution is 5.46. The van der Waals surface area contributed by atoms with Crippen LogP contribution in [0.25, 0.3) is 0 Å². The third-order valence-corrected chi connectivity index (χ3v) is 3.62. The zero-order chi connectivity index (χ0) is 14.4. The van der Waals surface area contributed by atoms with Gasteiger partial charge in [-0.3, -0.25) is 0 Å². The summed E-state index contributed by atoms with van der Waals surface area (Å²) >= 11 is 0.